The van der Waals surface area contributed by atoms with E-state index in [1.807, 2.05) is 0 Å². The molecule has 0 amide bonds. The van der Waals surface area contributed by atoms with Gasteiger partial charge in [0.2, 0.25) is 0 Å². The number of rotatable bonds is 5. The van der Waals surface area contributed by atoms with E-state index in [2.05, 4.69) is 52.3 Å². The molecule has 2 aromatic carbocycles. The summed E-state index contributed by atoms with van der Waals surface area (Å²) >= 11 is 0. The zero-order chi connectivity index (χ0) is 17.1. The average molecular weight is 338 g/mol. The van der Waals surface area contributed by atoms with Crippen LogP contribution in [0, 0.1) is 0 Å². The fourth-order valence-electron chi connectivity index (χ4n) is 4.50. The highest BCUT2D eigenvalue weighted by molar-refractivity contribution is 5.85. The van der Waals surface area contributed by atoms with Gasteiger partial charge in [-0.05, 0) is 61.5 Å². The van der Waals surface area contributed by atoms with E-state index in [9.17, 15) is 5.11 Å². The highest BCUT2D eigenvalue weighted by Gasteiger charge is 2.34. The Balaban J connectivity index is 1.31. The SMILES string of the molecule is OC1(CN2CCCC2)CCN(CCc2cccc3ccccc23)CC1. The molecule has 0 atom stereocenters. The lowest BCUT2D eigenvalue weighted by Crippen LogP contribution is -2.50. The van der Waals surface area contributed by atoms with Crippen LogP contribution in [0.5, 0.6) is 0 Å². The van der Waals surface area contributed by atoms with Gasteiger partial charge in [-0.1, -0.05) is 42.5 Å². The van der Waals surface area contributed by atoms with Gasteiger partial charge >= 0.3 is 0 Å². The number of nitrogens with zero attached hydrogens (tertiary/aromatic N) is 2. The van der Waals surface area contributed by atoms with Crippen LogP contribution in [-0.4, -0.2) is 59.8 Å². The normalized spacial score (nSPS) is 21.8. The minimum atomic E-state index is -0.458. The Morgan fingerprint density at radius 2 is 1.56 bits per heavy atom. The first kappa shape index (κ1) is 17.0. The number of hydrogen-bond acceptors (Lipinski definition) is 3. The molecule has 2 aliphatic rings. The Hall–Kier alpha value is -1.42. The van der Waals surface area contributed by atoms with Crippen molar-refractivity contribution in [3.05, 3.63) is 48.0 Å². The summed E-state index contributed by atoms with van der Waals surface area (Å²) in [7, 11) is 0. The van der Waals surface area contributed by atoms with Crippen molar-refractivity contribution >= 4 is 10.8 Å². The predicted molar refractivity (Wildman–Crippen MR) is 104 cm³/mol. The highest BCUT2D eigenvalue weighted by atomic mass is 16.3. The van der Waals surface area contributed by atoms with Crippen LogP contribution in [0.4, 0.5) is 0 Å². The van der Waals surface area contributed by atoms with Gasteiger partial charge in [0.25, 0.3) is 0 Å². The van der Waals surface area contributed by atoms with E-state index in [0.717, 1.165) is 45.4 Å². The molecule has 3 nitrogen and oxygen atoms in total. The monoisotopic (exact) mass is 338 g/mol. The lowest BCUT2D eigenvalue weighted by Gasteiger charge is -2.40. The molecule has 0 unspecified atom stereocenters. The zero-order valence-electron chi connectivity index (χ0n) is 15.2. The second-order valence-electron chi connectivity index (χ2n) is 7.94. The molecule has 2 aliphatic heterocycles. The second kappa shape index (κ2) is 7.45. The van der Waals surface area contributed by atoms with Crippen molar-refractivity contribution in [3.63, 3.8) is 0 Å². The molecule has 2 fully saturated rings. The minimum absolute atomic E-state index is 0.458. The summed E-state index contributed by atoms with van der Waals surface area (Å²) < 4.78 is 0. The summed E-state index contributed by atoms with van der Waals surface area (Å²) in [5.41, 5.74) is 0.983. The number of aliphatic hydroxyl groups is 1. The smallest absolute Gasteiger partial charge is 0.0798 e. The van der Waals surface area contributed by atoms with Crippen molar-refractivity contribution in [1.29, 1.82) is 0 Å². The second-order valence-corrected chi connectivity index (χ2v) is 7.94. The molecular weight excluding hydrogens is 308 g/mol. The third-order valence-corrected chi connectivity index (χ3v) is 6.08. The van der Waals surface area contributed by atoms with Crippen LogP contribution in [0.15, 0.2) is 42.5 Å². The molecule has 2 saturated heterocycles. The molecule has 0 saturated carbocycles. The third-order valence-electron chi connectivity index (χ3n) is 6.08. The summed E-state index contributed by atoms with van der Waals surface area (Å²) in [5, 5.41) is 13.6. The van der Waals surface area contributed by atoms with Crippen LogP contribution in [0.2, 0.25) is 0 Å². The number of benzene rings is 2. The number of hydrogen-bond donors (Lipinski definition) is 1. The van der Waals surface area contributed by atoms with E-state index in [0.29, 0.717) is 0 Å². The van der Waals surface area contributed by atoms with E-state index >= 15 is 0 Å². The summed E-state index contributed by atoms with van der Waals surface area (Å²) in [6.07, 6.45) is 5.52. The van der Waals surface area contributed by atoms with Crippen LogP contribution in [-0.2, 0) is 6.42 Å². The van der Waals surface area contributed by atoms with Crippen molar-refractivity contribution < 1.29 is 5.11 Å². The van der Waals surface area contributed by atoms with Crippen molar-refractivity contribution in [2.24, 2.45) is 0 Å². The average Bonchev–Trinajstić information content (AvgIpc) is 3.14. The number of piperidine rings is 1. The van der Waals surface area contributed by atoms with Crippen LogP contribution >= 0.6 is 0 Å². The van der Waals surface area contributed by atoms with Crippen molar-refractivity contribution in [2.75, 3.05) is 39.3 Å². The van der Waals surface area contributed by atoms with E-state index < -0.39 is 5.60 Å². The summed E-state index contributed by atoms with van der Waals surface area (Å²) in [6, 6.07) is 15.3. The Morgan fingerprint density at radius 1 is 0.840 bits per heavy atom. The van der Waals surface area contributed by atoms with Crippen molar-refractivity contribution in [2.45, 2.75) is 37.7 Å². The van der Waals surface area contributed by atoms with Crippen LogP contribution in [0.25, 0.3) is 10.8 Å². The number of β-amino-alcohol motifs (C(OH)–C–C–N with tert-alkyl or cyclic N) is 1. The quantitative estimate of drug-likeness (QED) is 0.906. The van der Waals surface area contributed by atoms with Gasteiger partial charge in [-0.25, -0.2) is 0 Å². The molecule has 134 valence electrons. The molecule has 2 heterocycles. The molecule has 4 rings (SSSR count). The first-order valence-corrected chi connectivity index (χ1v) is 9.86. The molecule has 25 heavy (non-hydrogen) atoms. The van der Waals surface area contributed by atoms with E-state index in [4.69, 9.17) is 0 Å². The number of fused-ring (bicyclic) bond motifs is 1. The van der Waals surface area contributed by atoms with Gasteiger partial charge in [-0.3, -0.25) is 0 Å². The van der Waals surface area contributed by atoms with Gasteiger partial charge in [0, 0.05) is 26.2 Å². The molecule has 1 N–H and O–H groups in total. The molecule has 2 aromatic rings. The Labute approximate surface area is 151 Å². The van der Waals surface area contributed by atoms with E-state index in [-0.39, 0.29) is 0 Å². The van der Waals surface area contributed by atoms with Gasteiger partial charge in [0.15, 0.2) is 0 Å². The molecule has 0 aromatic heterocycles. The van der Waals surface area contributed by atoms with Crippen molar-refractivity contribution in [3.8, 4) is 0 Å². The standard InChI is InChI=1S/C22H30N2O/c25-22(18-24-13-3-4-14-24)11-16-23(17-12-22)15-10-20-8-5-7-19-6-1-2-9-21(19)20/h1-2,5-9,25H,3-4,10-18H2. The van der Waals surface area contributed by atoms with E-state index in [1.54, 1.807) is 0 Å². The van der Waals surface area contributed by atoms with E-state index in [1.165, 1.54) is 42.3 Å². The molecular formula is C22H30N2O. The predicted octanol–water partition coefficient (Wildman–Crippen LogP) is 3.31. The minimum Gasteiger partial charge on any atom is -0.388 e. The Morgan fingerprint density at radius 3 is 2.36 bits per heavy atom. The van der Waals surface area contributed by atoms with Gasteiger partial charge in [-0.2, -0.15) is 0 Å². The lowest BCUT2D eigenvalue weighted by atomic mass is 9.90. The fourth-order valence-corrected chi connectivity index (χ4v) is 4.50. The molecule has 0 aliphatic carbocycles. The van der Waals surface area contributed by atoms with Gasteiger partial charge in [-0.15, -0.1) is 0 Å². The van der Waals surface area contributed by atoms with Crippen LogP contribution in [0.3, 0.4) is 0 Å². The lowest BCUT2D eigenvalue weighted by molar-refractivity contribution is -0.0412. The molecule has 0 radical (unpaired) electrons. The molecule has 0 spiro atoms. The maximum Gasteiger partial charge on any atom is 0.0798 e. The number of likely N-dealkylation sites (tertiary alicyclic amines) is 2. The largest absolute Gasteiger partial charge is 0.388 e. The Kier molecular flexibility index (Phi) is 5.07. The highest BCUT2D eigenvalue weighted by Crippen LogP contribution is 2.26. The Bertz CT molecular complexity index is 695. The van der Waals surface area contributed by atoms with Gasteiger partial charge < -0.3 is 14.9 Å². The first-order valence-electron chi connectivity index (χ1n) is 9.86. The zero-order valence-corrected chi connectivity index (χ0v) is 15.2. The molecule has 0 bridgehead atoms. The topological polar surface area (TPSA) is 26.7 Å². The maximum atomic E-state index is 10.9. The van der Waals surface area contributed by atoms with Gasteiger partial charge in [0.05, 0.1) is 5.60 Å². The van der Waals surface area contributed by atoms with Crippen LogP contribution in [0.1, 0.15) is 31.2 Å². The third kappa shape index (κ3) is 4.05. The first-order chi connectivity index (χ1) is 12.2. The van der Waals surface area contributed by atoms with Gasteiger partial charge in [0.1, 0.15) is 0 Å². The summed E-state index contributed by atoms with van der Waals surface area (Å²) in [5.74, 6) is 0. The van der Waals surface area contributed by atoms with Crippen molar-refractivity contribution in [1.82, 2.24) is 9.80 Å². The van der Waals surface area contributed by atoms with Crippen LogP contribution < -0.4 is 0 Å². The molecule has 3 heteroatoms. The summed E-state index contributed by atoms with van der Waals surface area (Å²) in [4.78, 5) is 4.98. The summed E-state index contributed by atoms with van der Waals surface area (Å²) in [6.45, 7) is 6.36. The fraction of sp³-hybridized carbons (Fsp3) is 0.545. The maximum absolute atomic E-state index is 10.9.